The van der Waals surface area contributed by atoms with Gasteiger partial charge in [-0.05, 0) is 11.5 Å². The van der Waals surface area contributed by atoms with Crippen LogP contribution in [0.2, 0.25) is 0 Å². The highest BCUT2D eigenvalue weighted by Crippen LogP contribution is 2.29. The van der Waals surface area contributed by atoms with E-state index in [1.807, 2.05) is 0 Å². The maximum Gasteiger partial charge on any atom is 0.394 e. The Bertz CT molecular complexity index is 750. The maximum absolute atomic E-state index is 12.6. The Kier molecular flexibility index (Phi) is 2.62. The summed E-state index contributed by atoms with van der Waals surface area (Å²) < 4.78 is 37.8. The first-order valence-electron chi connectivity index (χ1n) is 5.73. The molecule has 96 valence electrons. The third-order valence-corrected chi connectivity index (χ3v) is 2.95. The predicted molar refractivity (Wildman–Crippen MR) is 66.8 cm³/mol. The molecule has 0 N–H and O–H groups in total. The second-order valence-corrected chi connectivity index (χ2v) is 4.29. The quantitative estimate of drug-likeness (QED) is 0.622. The van der Waals surface area contributed by atoms with Crippen molar-refractivity contribution < 1.29 is 13.2 Å². The Labute approximate surface area is 106 Å². The van der Waals surface area contributed by atoms with E-state index >= 15 is 0 Å². The molecule has 1 aromatic carbocycles. The van der Waals surface area contributed by atoms with Crippen molar-refractivity contribution in [1.82, 2.24) is 9.97 Å². The average molecular weight is 262 g/mol. The van der Waals surface area contributed by atoms with Crippen LogP contribution in [0.5, 0.6) is 0 Å². The van der Waals surface area contributed by atoms with Crippen molar-refractivity contribution in [1.29, 1.82) is 0 Å². The number of hydrogen-bond donors (Lipinski definition) is 0. The summed E-state index contributed by atoms with van der Waals surface area (Å²) in [6, 6.07) is 8.76. The van der Waals surface area contributed by atoms with Gasteiger partial charge in [0.15, 0.2) is 0 Å². The van der Waals surface area contributed by atoms with Crippen molar-refractivity contribution in [2.75, 3.05) is 0 Å². The molecule has 3 rings (SSSR count). The van der Waals surface area contributed by atoms with Gasteiger partial charge in [-0.2, -0.15) is 13.2 Å². The van der Waals surface area contributed by atoms with Gasteiger partial charge in [0.25, 0.3) is 0 Å². The van der Waals surface area contributed by atoms with Crippen LogP contribution in [0.4, 0.5) is 13.2 Å². The SMILES string of the molecule is FC(F)(F)Cc1nc2cnccc2c2ccccc12. The van der Waals surface area contributed by atoms with Gasteiger partial charge in [0.05, 0.1) is 23.8 Å². The monoisotopic (exact) mass is 262 g/mol. The van der Waals surface area contributed by atoms with Gasteiger partial charge in [-0.3, -0.25) is 9.97 Å². The predicted octanol–water partition coefficient (Wildman–Crippen LogP) is 3.89. The minimum atomic E-state index is -4.27. The lowest BCUT2D eigenvalue weighted by atomic mass is 10.0. The van der Waals surface area contributed by atoms with Crippen LogP contribution < -0.4 is 0 Å². The summed E-state index contributed by atoms with van der Waals surface area (Å²) in [6.07, 6.45) is -2.20. The Morgan fingerprint density at radius 1 is 0.947 bits per heavy atom. The van der Waals surface area contributed by atoms with Gasteiger partial charge in [-0.15, -0.1) is 0 Å². The number of aromatic nitrogens is 2. The lowest BCUT2D eigenvalue weighted by Crippen LogP contribution is -2.13. The minimum Gasteiger partial charge on any atom is -0.262 e. The van der Waals surface area contributed by atoms with E-state index in [9.17, 15) is 13.2 Å². The van der Waals surface area contributed by atoms with Crippen LogP contribution in [0, 0.1) is 0 Å². The number of nitrogens with zero attached hydrogens (tertiary/aromatic N) is 2. The Morgan fingerprint density at radius 2 is 1.68 bits per heavy atom. The molecule has 5 heteroatoms. The highest BCUT2D eigenvalue weighted by Gasteiger charge is 2.29. The normalized spacial score (nSPS) is 12.2. The van der Waals surface area contributed by atoms with Gasteiger partial charge >= 0.3 is 6.18 Å². The van der Waals surface area contributed by atoms with Gasteiger partial charge in [0, 0.05) is 17.0 Å². The van der Waals surface area contributed by atoms with Crippen molar-refractivity contribution >= 4 is 21.7 Å². The maximum atomic E-state index is 12.6. The van der Waals surface area contributed by atoms with Crippen LogP contribution in [-0.4, -0.2) is 16.1 Å². The largest absolute Gasteiger partial charge is 0.394 e. The van der Waals surface area contributed by atoms with Crippen molar-refractivity contribution in [2.24, 2.45) is 0 Å². The molecule has 19 heavy (non-hydrogen) atoms. The van der Waals surface area contributed by atoms with E-state index in [0.717, 1.165) is 10.8 Å². The molecular weight excluding hydrogens is 253 g/mol. The summed E-state index contributed by atoms with van der Waals surface area (Å²) in [4.78, 5) is 8.02. The lowest BCUT2D eigenvalue weighted by Gasteiger charge is -2.11. The molecule has 0 aliphatic carbocycles. The number of pyridine rings is 2. The van der Waals surface area contributed by atoms with Crippen LogP contribution in [0.3, 0.4) is 0 Å². The van der Waals surface area contributed by atoms with E-state index in [2.05, 4.69) is 9.97 Å². The van der Waals surface area contributed by atoms with E-state index in [-0.39, 0.29) is 5.69 Å². The molecule has 0 bridgehead atoms. The van der Waals surface area contributed by atoms with Crippen LogP contribution in [0.25, 0.3) is 21.7 Å². The zero-order valence-corrected chi connectivity index (χ0v) is 9.78. The number of halogens is 3. The fraction of sp³-hybridized carbons (Fsp3) is 0.143. The number of rotatable bonds is 1. The molecule has 0 spiro atoms. The van der Waals surface area contributed by atoms with Crippen LogP contribution in [0.15, 0.2) is 42.7 Å². The van der Waals surface area contributed by atoms with Gasteiger partial charge in [-0.1, -0.05) is 24.3 Å². The minimum absolute atomic E-state index is 0.0450. The molecule has 0 unspecified atom stereocenters. The highest BCUT2D eigenvalue weighted by atomic mass is 19.4. The molecule has 0 atom stereocenters. The fourth-order valence-corrected chi connectivity index (χ4v) is 2.20. The van der Waals surface area contributed by atoms with Crippen molar-refractivity contribution in [3.63, 3.8) is 0 Å². The summed E-state index contributed by atoms with van der Waals surface area (Å²) in [5, 5.41) is 2.13. The average Bonchev–Trinajstić information content (AvgIpc) is 2.37. The van der Waals surface area contributed by atoms with Gasteiger partial charge in [0.2, 0.25) is 0 Å². The van der Waals surface area contributed by atoms with Crippen molar-refractivity contribution in [3.05, 3.63) is 48.4 Å². The molecule has 0 amide bonds. The summed E-state index contributed by atoms with van der Waals surface area (Å²) >= 11 is 0. The molecule has 3 aromatic rings. The smallest absolute Gasteiger partial charge is 0.262 e. The van der Waals surface area contributed by atoms with E-state index in [4.69, 9.17) is 0 Å². The first-order valence-corrected chi connectivity index (χ1v) is 5.73. The summed E-state index contributed by atoms with van der Waals surface area (Å²) in [6.45, 7) is 0. The number of hydrogen-bond acceptors (Lipinski definition) is 2. The molecule has 2 heterocycles. The molecule has 2 nitrogen and oxygen atoms in total. The Hall–Kier alpha value is -2.17. The number of benzene rings is 1. The summed E-state index contributed by atoms with van der Waals surface area (Å²) in [7, 11) is 0. The first-order chi connectivity index (χ1) is 9.04. The third kappa shape index (κ3) is 2.23. The van der Waals surface area contributed by atoms with Crippen molar-refractivity contribution in [3.8, 4) is 0 Å². The molecular formula is C14H9F3N2. The summed E-state index contributed by atoms with van der Waals surface area (Å²) in [5.41, 5.74) is 0.532. The fourth-order valence-electron chi connectivity index (χ4n) is 2.20. The lowest BCUT2D eigenvalue weighted by molar-refractivity contribution is -0.127. The zero-order valence-electron chi connectivity index (χ0n) is 9.78. The second-order valence-electron chi connectivity index (χ2n) is 4.29. The van der Waals surface area contributed by atoms with E-state index in [0.29, 0.717) is 10.9 Å². The van der Waals surface area contributed by atoms with E-state index in [1.165, 1.54) is 6.20 Å². The standard InChI is InChI=1S/C14H9F3N2/c15-14(16,17)7-12-10-4-2-1-3-9(10)11-5-6-18-8-13(11)19-12/h1-6,8H,7H2. The molecule has 0 aliphatic heterocycles. The highest BCUT2D eigenvalue weighted by molar-refractivity contribution is 6.06. The van der Waals surface area contributed by atoms with Crippen molar-refractivity contribution in [2.45, 2.75) is 12.6 Å². The Balaban J connectivity index is 2.36. The third-order valence-electron chi connectivity index (χ3n) is 2.95. The van der Waals surface area contributed by atoms with Gasteiger partial charge in [-0.25, -0.2) is 0 Å². The van der Waals surface area contributed by atoms with Gasteiger partial charge in [0.1, 0.15) is 0 Å². The number of fused-ring (bicyclic) bond motifs is 3. The first kappa shape index (κ1) is 11.9. The molecule has 0 fully saturated rings. The molecule has 0 saturated carbocycles. The van der Waals surface area contributed by atoms with E-state index in [1.54, 1.807) is 36.5 Å². The van der Waals surface area contributed by atoms with Crippen LogP contribution >= 0.6 is 0 Å². The molecule has 0 saturated heterocycles. The summed E-state index contributed by atoms with van der Waals surface area (Å²) in [5.74, 6) is 0. The second kappa shape index (κ2) is 4.19. The zero-order chi connectivity index (χ0) is 13.5. The Morgan fingerprint density at radius 3 is 2.42 bits per heavy atom. The van der Waals surface area contributed by atoms with E-state index < -0.39 is 12.6 Å². The molecule has 0 aliphatic rings. The number of alkyl halides is 3. The van der Waals surface area contributed by atoms with Gasteiger partial charge < -0.3 is 0 Å². The molecule has 0 radical (unpaired) electrons. The van der Waals surface area contributed by atoms with Crippen LogP contribution in [-0.2, 0) is 6.42 Å². The van der Waals surface area contributed by atoms with Crippen LogP contribution in [0.1, 0.15) is 5.69 Å². The topological polar surface area (TPSA) is 25.8 Å². The molecule has 2 aromatic heterocycles.